The van der Waals surface area contributed by atoms with Crippen LogP contribution < -0.4 is 5.32 Å². The summed E-state index contributed by atoms with van der Waals surface area (Å²) in [7, 11) is -2.50. The maximum Gasteiger partial charge on any atom is 0.243 e. The van der Waals surface area contributed by atoms with Gasteiger partial charge in [0, 0.05) is 12.1 Å². The first-order valence-electron chi connectivity index (χ1n) is 6.67. The number of amides is 1. The number of halogens is 3. The van der Waals surface area contributed by atoms with Crippen LogP contribution in [0.25, 0.3) is 0 Å². The molecule has 0 spiro atoms. The number of likely N-dealkylation sites (N-methyl/N-ethyl adjacent to an activating group) is 1. The van der Waals surface area contributed by atoms with Crippen molar-refractivity contribution in [1.82, 2.24) is 4.31 Å². The Labute approximate surface area is 155 Å². The summed E-state index contributed by atoms with van der Waals surface area (Å²) >= 11 is 17.6. The second-order valence-electron chi connectivity index (χ2n) is 4.86. The Morgan fingerprint density at radius 2 is 1.71 bits per heavy atom. The molecule has 1 N–H and O–H groups in total. The van der Waals surface area contributed by atoms with Gasteiger partial charge >= 0.3 is 0 Å². The number of anilines is 1. The molecule has 5 nitrogen and oxygen atoms in total. The lowest BCUT2D eigenvalue weighted by atomic mass is 10.3. The van der Waals surface area contributed by atoms with Crippen molar-refractivity contribution in [3.8, 4) is 0 Å². The van der Waals surface area contributed by atoms with Crippen LogP contribution in [0.4, 0.5) is 5.69 Å². The highest BCUT2D eigenvalue weighted by molar-refractivity contribution is 7.89. The fraction of sp³-hybridized carbons (Fsp3) is 0.133. The molecule has 0 atom stereocenters. The molecule has 2 rings (SSSR count). The molecule has 2 aromatic carbocycles. The molecule has 9 heteroatoms. The number of nitrogens with one attached hydrogen (secondary N) is 1. The number of carbonyl (C=O) groups excluding carboxylic acids is 1. The lowest BCUT2D eigenvalue weighted by molar-refractivity contribution is -0.116. The molecular formula is C15H13Cl3N2O3S. The van der Waals surface area contributed by atoms with Crippen LogP contribution in [-0.4, -0.2) is 32.2 Å². The molecule has 24 heavy (non-hydrogen) atoms. The van der Waals surface area contributed by atoms with Crippen LogP contribution in [-0.2, 0) is 14.8 Å². The van der Waals surface area contributed by atoms with Gasteiger partial charge in [0.05, 0.1) is 27.2 Å². The summed E-state index contributed by atoms with van der Waals surface area (Å²) in [5.41, 5.74) is 0.312. The number of nitrogens with zero attached hydrogens (tertiary/aromatic N) is 1. The average Bonchev–Trinajstić information content (AvgIpc) is 2.52. The summed E-state index contributed by atoms with van der Waals surface area (Å²) in [6.45, 7) is -0.381. The third kappa shape index (κ3) is 4.40. The summed E-state index contributed by atoms with van der Waals surface area (Å²) in [5.74, 6) is -0.542. The fourth-order valence-electron chi connectivity index (χ4n) is 1.86. The molecule has 0 unspecified atom stereocenters. The molecule has 0 heterocycles. The molecule has 0 fully saturated rings. The van der Waals surface area contributed by atoms with Gasteiger partial charge in [-0.3, -0.25) is 4.79 Å². The molecule has 0 aliphatic rings. The first kappa shape index (κ1) is 19.0. The highest BCUT2D eigenvalue weighted by Gasteiger charge is 2.23. The number of benzene rings is 2. The van der Waals surface area contributed by atoms with Gasteiger partial charge in [0.2, 0.25) is 15.9 Å². The van der Waals surface area contributed by atoms with Gasteiger partial charge in [-0.25, -0.2) is 8.42 Å². The number of hydrogen-bond donors (Lipinski definition) is 1. The minimum Gasteiger partial charge on any atom is -0.324 e. The molecule has 0 aliphatic heterocycles. The van der Waals surface area contributed by atoms with E-state index in [9.17, 15) is 13.2 Å². The van der Waals surface area contributed by atoms with Gasteiger partial charge in [0.1, 0.15) is 0 Å². The zero-order chi connectivity index (χ0) is 17.9. The van der Waals surface area contributed by atoms with Gasteiger partial charge in [-0.05, 0) is 36.4 Å². The molecule has 0 bridgehead atoms. The van der Waals surface area contributed by atoms with E-state index in [0.717, 1.165) is 4.31 Å². The first-order valence-corrected chi connectivity index (χ1v) is 9.25. The van der Waals surface area contributed by atoms with E-state index in [1.54, 1.807) is 18.2 Å². The van der Waals surface area contributed by atoms with Crippen molar-refractivity contribution in [2.75, 3.05) is 18.9 Å². The zero-order valence-electron chi connectivity index (χ0n) is 12.5. The maximum absolute atomic E-state index is 12.4. The van der Waals surface area contributed by atoms with E-state index in [2.05, 4.69) is 5.32 Å². The minimum atomic E-state index is -3.81. The predicted molar refractivity (Wildman–Crippen MR) is 96.4 cm³/mol. The van der Waals surface area contributed by atoms with Gasteiger partial charge in [0.25, 0.3) is 0 Å². The summed E-state index contributed by atoms with van der Waals surface area (Å²) in [4.78, 5) is 12.1. The second kappa shape index (κ2) is 7.72. The Morgan fingerprint density at radius 1 is 1.08 bits per heavy atom. The predicted octanol–water partition coefficient (Wildman–Crippen LogP) is 3.91. The quantitative estimate of drug-likeness (QED) is 0.817. The van der Waals surface area contributed by atoms with Crippen LogP contribution >= 0.6 is 34.8 Å². The Hall–Kier alpha value is -1.31. The molecule has 128 valence electrons. The Kier molecular flexibility index (Phi) is 6.11. The van der Waals surface area contributed by atoms with Crippen molar-refractivity contribution >= 4 is 56.4 Å². The standard InChI is InChI=1S/C15H13Cl3N2O3S/c1-20(24(22,23)11-7-5-10(16)6-8-11)9-14(21)19-13-4-2-3-12(17)15(13)18/h2-8H,9H2,1H3,(H,19,21). The lowest BCUT2D eigenvalue weighted by Crippen LogP contribution is -2.35. The summed E-state index contributed by atoms with van der Waals surface area (Å²) in [6, 6.07) is 10.5. The van der Waals surface area contributed by atoms with Crippen LogP contribution in [0.5, 0.6) is 0 Å². The van der Waals surface area contributed by atoms with E-state index in [-0.39, 0.29) is 21.5 Å². The van der Waals surface area contributed by atoms with Gasteiger partial charge in [-0.1, -0.05) is 40.9 Å². The van der Waals surface area contributed by atoms with Crippen molar-refractivity contribution in [2.24, 2.45) is 0 Å². The maximum atomic E-state index is 12.4. The minimum absolute atomic E-state index is 0.0444. The lowest BCUT2D eigenvalue weighted by Gasteiger charge is -2.17. The van der Waals surface area contributed by atoms with Crippen molar-refractivity contribution < 1.29 is 13.2 Å². The smallest absolute Gasteiger partial charge is 0.243 e. The zero-order valence-corrected chi connectivity index (χ0v) is 15.5. The Morgan fingerprint density at radius 3 is 2.33 bits per heavy atom. The monoisotopic (exact) mass is 406 g/mol. The van der Waals surface area contributed by atoms with Gasteiger partial charge < -0.3 is 5.32 Å². The van der Waals surface area contributed by atoms with E-state index >= 15 is 0 Å². The molecule has 0 aromatic heterocycles. The molecule has 0 saturated heterocycles. The topological polar surface area (TPSA) is 66.5 Å². The van der Waals surface area contributed by atoms with Gasteiger partial charge in [-0.2, -0.15) is 4.31 Å². The third-order valence-electron chi connectivity index (χ3n) is 3.11. The first-order chi connectivity index (χ1) is 11.2. The summed E-state index contributed by atoms with van der Waals surface area (Å²) in [5, 5.41) is 3.43. The van der Waals surface area contributed by atoms with Crippen molar-refractivity contribution in [3.05, 3.63) is 57.5 Å². The van der Waals surface area contributed by atoms with Crippen LogP contribution in [0, 0.1) is 0 Å². The van der Waals surface area contributed by atoms with Crippen LogP contribution in [0.15, 0.2) is 47.4 Å². The largest absolute Gasteiger partial charge is 0.324 e. The van der Waals surface area contributed by atoms with E-state index in [4.69, 9.17) is 34.8 Å². The molecular weight excluding hydrogens is 395 g/mol. The Bertz CT molecular complexity index is 855. The van der Waals surface area contributed by atoms with Crippen LogP contribution in [0.1, 0.15) is 0 Å². The fourth-order valence-corrected chi connectivity index (χ4v) is 3.46. The van der Waals surface area contributed by atoms with Gasteiger partial charge in [-0.15, -0.1) is 0 Å². The summed E-state index contributed by atoms with van der Waals surface area (Å²) in [6.07, 6.45) is 0. The summed E-state index contributed by atoms with van der Waals surface area (Å²) < 4.78 is 25.8. The third-order valence-corrected chi connectivity index (χ3v) is 6.00. The molecule has 0 saturated carbocycles. The van der Waals surface area contributed by atoms with Crippen molar-refractivity contribution in [2.45, 2.75) is 4.90 Å². The van der Waals surface area contributed by atoms with Gasteiger partial charge in [0.15, 0.2) is 0 Å². The number of carbonyl (C=O) groups is 1. The molecule has 1 amide bonds. The van der Waals surface area contributed by atoms with E-state index in [1.807, 2.05) is 0 Å². The molecule has 0 aliphatic carbocycles. The molecule has 0 radical (unpaired) electrons. The average molecular weight is 408 g/mol. The van der Waals surface area contributed by atoms with E-state index in [1.165, 1.54) is 31.3 Å². The second-order valence-corrected chi connectivity index (χ2v) is 8.13. The number of rotatable bonds is 5. The van der Waals surface area contributed by atoms with E-state index < -0.39 is 15.9 Å². The SMILES string of the molecule is CN(CC(=O)Nc1cccc(Cl)c1Cl)S(=O)(=O)c1ccc(Cl)cc1. The highest BCUT2D eigenvalue weighted by atomic mass is 35.5. The normalized spacial score (nSPS) is 11.5. The highest BCUT2D eigenvalue weighted by Crippen LogP contribution is 2.29. The Balaban J connectivity index is 2.10. The number of hydrogen-bond acceptors (Lipinski definition) is 3. The van der Waals surface area contributed by atoms with E-state index in [0.29, 0.717) is 10.7 Å². The molecule has 2 aromatic rings. The van der Waals surface area contributed by atoms with Crippen molar-refractivity contribution in [1.29, 1.82) is 0 Å². The van der Waals surface area contributed by atoms with Crippen LogP contribution in [0.3, 0.4) is 0 Å². The number of sulfonamides is 1. The van der Waals surface area contributed by atoms with Crippen molar-refractivity contribution in [3.63, 3.8) is 0 Å². The van der Waals surface area contributed by atoms with Crippen LogP contribution in [0.2, 0.25) is 15.1 Å².